The third kappa shape index (κ3) is 4.56. The number of carbonyl (C=O) groups is 2. The second kappa shape index (κ2) is 7.22. The largest absolute Gasteiger partial charge is 0.368 e. The predicted octanol–water partition coefficient (Wildman–Crippen LogP) is 0.603. The first kappa shape index (κ1) is 15.5. The van der Waals surface area contributed by atoms with Gasteiger partial charge in [0.2, 0.25) is 11.8 Å². The van der Waals surface area contributed by atoms with E-state index >= 15 is 0 Å². The fourth-order valence-electron chi connectivity index (χ4n) is 2.69. The number of hydrogen-bond donors (Lipinski definition) is 2. The van der Waals surface area contributed by atoms with Crippen LogP contribution in [0.1, 0.15) is 24.0 Å². The lowest BCUT2D eigenvalue weighted by Gasteiger charge is -2.34. The first-order chi connectivity index (χ1) is 10.1. The van der Waals surface area contributed by atoms with Crippen LogP contribution in [-0.4, -0.2) is 42.4 Å². The van der Waals surface area contributed by atoms with Crippen LogP contribution in [0.25, 0.3) is 0 Å². The zero-order valence-electron chi connectivity index (χ0n) is 12.5. The summed E-state index contributed by atoms with van der Waals surface area (Å²) in [5, 5.41) is 3.26. The smallest absolute Gasteiger partial charge is 0.237 e. The molecule has 0 atom stereocenters. The van der Waals surface area contributed by atoms with Gasteiger partial charge in [-0.25, -0.2) is 0 Å². The van der Waals surface area contributed by atoms with E-state index in [-0.39, 0.29) is 18.5 Å². The highest BCUT2D eigenvalue weighted by molar-refractivity contribution is 5.85. The Morgan fingerprint density at radius 2 is 1.86 bits per heavy atom. The number of aryl methyl sites for hydroxylation is 1. The molecule has 1 aromatic carbocycles. The van der Waals surface area contributed by atoms with Crippen molar-refractivity contribution >= 4 is 11.8 Å². The average molecular weight is 289 g/mol. The highest BCUT2D eigenvalue weighted by atomic mass is 16.2. The molecule has 2 amide bonds. The van der Waals surface area contributed by atoms with Crippen LogP contribution in [0.5, 0.6) is 0 Å². The van der Waals surface area contributed by atoms with E-state index in [0.29, 0.717) is 6.42 Å². The van der Waals surface area contributed by atoms with Gasteiger partial charge in [0.15, 0.2) is 0 Å². The summed E-state index contributed by atoms with van der Waals surface area (Å²) in [6.45, 7) is 3.77. The minimum Gasteiger partial charge on any atom is -0.368 e. The molecule has 3 N–H and O–H groups in total. The van der Waals surface area contributed by atoms with E-state index in [1.807, 2.05) is 31.2 Å². The fraction of sp³-hybridized carbons (Fsp3) is 0.500. The van der Waals surface area contributed by atoms with E-state index in [2.05, 4.69) is 5.32 Å². The first-order valence-electron chi connectivity index (χ1n) is 7.40. The zero-order valence-corrected chi connectivity index (χ0v) is 12.5. The summed E-state index contributed by atoms with van der Waals surface area (Å²) in [6.07, 6.45) is 2.05. The van der Waals surface area contributed by atoms with Gasteiger partial charge in [-0.2, -0.15) is 0 Å². The monoisotopic (exact) mass is 289 g/mol. The van der Waals surface area contributed by atoms with Crippen LogP contribution in [0.4, 0.5) is 0 Å². The van der Waals surface area contributed by atoms with Crippen LogP contribution in [0.15, 0.2) is 24.3 Å². The van der Waals surface area contributed by atoms with Gasteiger partial charge in [0, 0.05) is 6.04 Å². The standard InChI is InChI=1S/C16H23N3O2/c1-12-2-4-13(5-3-12)10-16(21)19(11-15(17)20)14-6-8-18-9-7-14/h2-5,14,18H,6-11H2,1H3,(H2,17,20). The van der Waals surface area contributed by atoms with Gasteiger partial charge >= 0.3 is 0 Å². The number of nitrogens with zero attached hydrogens (tertiary/aromatic N) is 1. The maximum atomic E-state index is 12.5. The Hall–Kier alpha value is -1.88. The summed E-state index contributed by atoms with van der Waals surface area (Å²) in [4.78, 5) is 25.5. The number of amides is 2. The van der Waals surface area contributed by atoms with E-state index in [0.717, 1.165) is 31.5 Å². The Bertz CT molecular complexity index is 493. The quantitative estimate of drug-likeness (QED) is 0.833. The molecule has 1 saturated heterocycles. The predicted molar refractivity (Wildman–Crippen MR) is 81.7 cm³/mol. The van der Waals surface area contributed by atoms with Gasteiger partial charge in [0.1, 0.15) is 0 Å². The van der Waals surface area contributed by atoms with Crippen LogP contribution in [0.3, 0.4) is 0 Å². The summed E-state index contributed by atoms with van der Waals surface area (Å²) in [7, 11) is 0. The topological polar surface area (TPSA) is 75.4 Å². The SMILES string of the molecule is Cc1ccc(CC(=O)N(CC(N)=O)C2CCNCC2)cc1. The molecule has 1 heterocycles. The summed E-state index contributed by atoms with van der Waals surface area (Å²) in [6, 6.07) is 8.00. The van der Waals surface area contributed by atoms with Crippen molar-refractivity contribution < 1.29 is 9.59 Å². The Kier molecular flexibility index (Phi) is 5.33. The van der Waals surface area contributed by atoms with E-state index in [4.69, 9.17) is 5.73 Å². The molecule has 0 unspecified atom stereocenters. The van der Waals surface area contributed by atoms with Gasteiger partial charge < -0.3 is 16.0 Å². The molecule has 0 bridgehead atoms. The highest BCUT2D eigenvalue weighted by Gasteiger charge is 2.26. The van der Waals surface area contributed by atoms with Crippen LogP contribution in [-0.2, 0) is 16.0 Å². The normalized spacial score (nSPS) is 15.7. The van der Waals surface area contributed by atoms with E-state index < -0.39 is 5.91 Å². The Morgan fingerprint density at radius 3 is 2.43 bits per heavy atom. The molecule has 5 heteroatoms. The molecule has 0 aromatic heterocycles. The summed E-state index contributed by atoms with van der Waals surface area (Å²) in [5.74, 6) is -0.477. The van der Waals surface area contributed by atoms with Gasteiger partial charge in [-0.1, -0.05) is 29.8 Å². The molecule has 0 saturated carbocycles. The number of nitrogens with two attached hydrogens (primary N) is 1. The Morgan fingerprint density at radius 1 is 1.24 bits per heavy atom. The summed E-state index contributed by atoms with van der Waals surface area (Å²) < 4.78 is 0. The number of hydrogen-bond acceptors (Lipinski definition) is 3. The molecule has 1 aliphatic heterocycles. The third-order valence-electron chi connectivity index (χ3n) is 3.87. The molecule has 0 radical (unpaired) electrons. The van der Waals surface area contributed by atoms with Crippen LogP contribution >= 0.6 is 0 Å². The fourth-order valence-corrected chi connectivity index (χ4v) is 2.69. The Balaban J connectivity index is 2.05. The Labute approximate surface area is 125 Å². The molecule has 5 nitrogen and oxygen atoms in total. The lowest BCUT2D eigenvalue weighted by molar-refractivity contribution is -0.137. The van der Waals surface area contributed by atoms with Crippen molar-refractivity contribution in [1.82, 2.24) is 10.2 Å². The van der Waals surface area contributed by atoms with E-state index in [9.17, 15) is 9.59 Å². The number of rotatable bonds is 5. The molecule has 21 heavy (non-hydrogen) atoms. The number of primary amides is 1. The third-order valence-corrected chi connectivity index (χ3v) is 3.87. The lowest BCUT2D eigenvalue weighted by atomic mass is 10.0. The van der Waals surface area contributed by atoms with E-state index in [1.54, 1.807) is 4.90 Å². The molecule has 0 spiro atoms. The van der Waals surface area contributed by atoms with Crippen molar-refractivity contribution in [3.05, 3.63) is 35.4 Å². The van der Waals surface area contributed by atoms with Crippen molar-refractivity contribution in [2.75, 3.05) is 19.6 Å². The molecule has 2 rings (SSSR count). The summed E-state index contributed by atoms with van der Waals surface area (Å²) in [5.41, 5.74) is 7.43. The highest BCUT2D eigenvalue weighted by Crippen LogP contribution is 2.14. The van der Waals surface area contributed by atoms with Gasteiger partial charge in [0.25, 0.3) is 0 Å². The molecular weight excluding hydrogens is 266 g/mol. The van der Waals surface area contributed by atoms with Gasteiger partial charge in [-0.3, -0.25) is 9.59 Å². The van der Waals surface area contributed by atoms with Crippen molar-refractivity contribution in [3.8, 4) is 0 Å². The summed E-state index contributed by atoms with van der Waals surface area (Å²) >= 11 is 0. The zero-order chi connectivity index (χ0) is 15.2. The lowest BCUT2D eigenvalue weighted by Crippen LogP contribution is -2.49. The molecule has 1 aromatic rings. The van der Waals surface area contributed by atoms with E-state index in [1.165, 1.54) is 5.56 Å². The van der Waals surface area contributed by atoms with Gasteiger partial charge in [0.05, 0.1) is 13.0 Å². The molecule has 114 valence electrons. The first-order valence-corrected chi connectivity index (χ1v) is 7.40. The van der Waals surface area contributed by atoms with Crippen molar-refractivity contribution in [3.63, 3.8) is 0 Å². The minimum atomic E-state index is -0.453. The van der Waals surface area contributed by atoms with Gasteiger partial charge in [-0.05, 0) is 38.4 Å². The number of nitrogens with one attached hydrogen (secondary N) is 1. The van der Waals surface area contributed by atoms with Crippen LogP contribution in [0, 0.1) is 6.92 Å². The average Bonchev–Trinajstić information content (AvgIpc) is 2.48. The van der Waals surface area contributed by atoms with Gasteiger partial charge in [-0.15, -0.1) is 0 Å². The molecule has 0 aliphatic carbocycles. The van der Waals surface area contributed by atoms with Crippen molar-refractivity contribution in [1.29, 1.82) is 0 Å². The number of carbonyl (C=O) groups excluding carboxylic acids is 2. The number of benzene rings is 1. The van der Waals surface area contributed by atoms with Crippen LogP contribution < -0.4 is 11.1 Å². The maximum absolute atomic E-state index is 12.5. The second-order valence-corrected chi connectivity index (χ2v) is 5.63. The maximum Gasteiger partial charge on any atom is 0.237 e. The minimum absolute atomic E-state index is 0.00929. The van der Waals surface area contributed by atoms with Crippen molar-refractivity contribution in [2.45, 2.75) is 32.2 Å². The number of piperidine rings is 1. The second-order valence-electron chi connectivity index (χ2n) is 5.63. The van der Waals surface area contributed by atoms with Crippen LogP contribution in [0.2, 0.25) is 0 Å². The van der Waals surface area contributed by atoms with Crippen molar-refractivity contribution in [2.24, 2.45) is 5.73 Å². The molecule has 1 fully saturated rings. The molecule has 1 aliphatic rings. The molecular formula is C16H23N3O2.